The molecule has 2 atom stereocenters. The summed E-state index contributed by atoms with van der Waals surface area (Å²) in [6, 6.07) is 1.71. The molecule has 164 valence electrons. The van der Waals surface area contributed by atoms with Gasteiger partial charge in [0, 0.05) is 18.6 Å². The number of aliphatic hydroxyl groups is 1. The molecule has 0 aromatic carbocycles. The quantitative estimate of drug-likeness (QED) is 0.756. The van der Waals surface area contributed by atoms with Crippen molar-refractivity contribution in [3.05, 3.63) is 23.0 Å². The molecule has 11 heteroatoms. The molecule has 4 heterocycles. The molecule has 30 heavy (non-hydrogen) atoms. The van der Waals surface area contributed by atoms with E-state index in [0.29, 0.717) is 26.1 Å². The Morgan fingerprint density at radius 3 is 2.63 bits per heavy atom. The Morgan fingerprint density at radius 1 is 1.40 bits per heavy atom. The first-order valence-corrected chi connectivity index (χ1v) is 9.72. The van der Waals surface area contributed by atoms with Gasteiger partial charge in [-0.2, -0.15) is 18.4 Å². The van der Waals surface area contributed by atoms with E-state index >= 15 is 0 Å². The van der Waals surface area contributed by atoms with E-state index in [4.69, 9.17) is 20.3 Å². The highest BCUT2D eigenvalue weighted by molar-refractivity contribution is 5.67. The fourth-order valence-corrected chi connectivity index (χ4v) is 3.91. The van der Waals surface area contributed by atoms with Crippen LogP contribution in [0.2, 0.25) is 0 Å². The van der Waals surface area contributed by atoms with Crippen LogP contribution in [0.15, 0.2) is 6.20 Å². The highest BCUT2D eigenvalue weighted by Gasteiger charge is 2.46. The zero-order valence-electron chi connectivity index (χ0n) is 16.6. The second kappa shape index (κ2) is 8.75. The number of aliphatic hydroxyl groups excluding tert-OH is 1. The molecule has 2 aromatic heterocycles. The summed E-state index contributed by atoms with van der Waals surface area (Å²) in [4.78, 5) is 3.65. The number of nitrogens with two attached hydrogens (primary N) is 1. The average Bonchev–Trinajstić information content (AvgIpc) is 3.31. The number of hydrogen-bond donors (Lipinski definition) is 2. The van der Waals surface area contributed by atoms with Gasteiger partial charge in [-0.15, -0.1) is 5.10 Å². The lowest BCUT2D eigenvalue weighted by atomic mass is 9.79. The summed E-state index contributed by atoms with van der Waals surface area (Å²) in [6.07, 6.45) is -0.896. The van der Waals surface area contributed by atoms with Gasteiger partial charge in [-0.25, -0.2) is 9.50 Å². The van der Waals surface area contributed by atoms with E-state index < -0.39 is 22.7 Å². The van der Waals surface area contributed by atoms with E-state index in [-0.39, 0.29) is 29.9 Å². The molecule has 0 radical (unpaired) electrons. The molecule has 0 amide bonds. The Hall–Kier alpha value is -2.42. The van der Waals surface area contributed by atoms with Crippen molar-refractivity contribution in [3.63, 3.8) is 0 Å². The summed E-state index contributed by atoms with van der Waals surface area (Å²) in [5.41, 5.74) is 3.35. The number of ether oxygens (including phenoxy) is 2. The predicted molar refractivity (Wildman–Crippen MR) is 101 cm³/mol. The maximum absolute atomic E-state index is 13.5. The smallest absolute Gasteiger partial charge is 0.391 e. The second-order valence-electron chi connectivity index (χ2n) is 7.43. The number of rotatable bonds is 2. The third kappa shape index (κ3) is 4.21. The van der Waals surface area contributed by atoms with Crippen molar-refractivity contribution in [2.45, 2.75) is 50.3 Å². The van der Waals surface area contributed by atoms with Gasteiger partial charge in [-0.05, 0) is 25.7 Å². The zero-order valence-corrected chi connectivity index (χ0v) is 16.6. The van der Waals surface area contributed by atoms with Gasteiger partial charge >= 0.3 is 6.18 Å². The topological polar surface area (TPSA) is 119 Å². The van der Waals surface area contributed by atoms with Crippen LogP contribution < -0.4 is 5.73 Å². The number of alkyl halides is 3. The first kappa shape index (κ1) is 22.3. The van der Waals surface area contributed by atoms with Gasteiger partial charge in [0.1, 0.15) is 11.6 Å². The van der Waals surface area contributed by atoms with Crippen LogP contribution in [-0.4, -0.2) is 52.2 Å². The maximum Gasteiger partial charge on any atom is 0.419 e. The fraction of sp³-hybridized carbons (Fsp3) is 0.632. The average molecular weight is 427 g/mol. The van der Waals surface area contributed by atoms with Gasteiger partial charge in [-0.3, -0.25) is 0 Å². The van der Waals surface area contributed by atoms with Crippen molar-refractivity contribution >= 4 is 11.5 Å². The maximum atomic E-state index is 13.5. The van der Waals surface area contributed by atoms with Crippen molar-refractivity contribution in [2.75, 3.05) is 32.2 Å². The van der Waals surface area contributed by atoms with Crippen LogP contribution in [0.3, 0.4) is 0 Å². The molecule has 8 nitrogen and oxygen atoms in total. The summed E-state index contributed by atoms with van der Waals surface area (Å²) in [5, 5.41) is 22.1. The van der Waals surface area contributed by atoms with Crippen molar-refractivity contribution in [3.8, 4) is 6.07 Å². The molecule has 0 spiro atoms. The van der Waals surface area contributed by atoms with Crippen LogP contribution in [0.1, 0.15) is 49.4 Å². The van der Waals surface area contributed by atoms with Crippen molar-refractivity contribution in [1.82, 2.24) is 14.6 Å². The number of halogens is 3. The Kier molecular flexibility index (Phi) is 6.50. The first-order chi connectivity index (χ1) is 14.2. The van der Waals surface area contributed by atoms with E-state index in [2.05, 4.69) is 10.1 Å². The molecule has 4 rings (SSSR count). The molecule has 2 aliphatic heterocycles. The van der Waals surface area contributed by atoms with Gasteiger partial charge in [-0.1, -0.05) is 6.92 Å². The number of hydrogen-bond acceptors (Lipinski definition) is 7. The largest absolute Gasteiger partial charge is 0.419 e. The van der Waals surface area contributed by atoms with E-state index in [0.717, 1.165) is 30.2 Å². The number of nitriles is 1. The van der Waals surface area contributed by atoms with Crippen LogP contribution in [0.4, 0.5) is 19.1 Å². The lowest BCUT2D eigenvalue weighted by Gasteiger charge is -2.25. The normalized spacial score (nSPS) is 24.3. The van der Waals surface area contributed by atoms with E-state index in [1.165, 1.54) is 0 Å². The monoisotopic (exact) mass is 427 g/mol. The third-order valence-corrected chi connectivity index (χ3v) is 5.52. The van der Waals surface area contributed by atoms with Crippen LogP contribution in [0.5, 0.6) is 0 Å². The Bertz CT molecular complexity index is 926. The van der Waals surface area contributed by atoms with Crippen molar-refractivity contribution in [1.29, 1.82) is 5.26 Å². The number of fused-ring (bicyclic) bond motifs is 1. The summed E-state index contributed by atoms with van der Waals surface area (Å²) in [7, 11) is 0. The molecule has 0 saturated carbocycles. The predicted octanol–water partition coefficient (Wildman–Crippen LogP) is 2.43. The number of aromatic nitrogens is 3. The molecule has 2 aromatic rings. The van der Waals surface area contributed by atoms with E-state index in [1.807, 2.05) is 6.92 Å². The Balaban J connectivity index is 0.000000310. The first-order valence-electron chi connectivity index (χ1n) is 9.72. The molecular formula is C19H24F3N5O3. The number of nitrogens with zero attached hydrogens (tertiary/aromatic N) is 4. The van der Waals surface area contributed by atoms with Gasteiger partial charge in [0.2, 0.25) is 5.95 Å². The summed E-state index contributed by atoms with van der Waals surface area (Å²) in [6.45, 7) is 3.89. The Labute approximate surface area is 171 Å². The molecule has 2 aliphatic rings. The molecule has 0 bridgehead atoms. The van der Waals surface area contributed by atoms with Crippen LogP contribution in [0, 0.1) is 11.3 Å². The van der Waals surface area contributed by atoms with Crippen LogP contribution in [0.25, 0.3) is 5.52 Å². The minimum Gasteiger partial charge on any atom is -0.391 e. The van der Waals surface area contributed by atoms with Crippen molar-refractivity contribution < 1.29 is 27.8 Å². The van der Waals surface area contributed by atoms with Crippen LogP contribution in [-0.2, 0) is 21.1 Å². The third-order valence-electron chi connectivity index (χ3n) is 5.52. The lowest BCUT2D eigenvalue weighted by Crippen LogP contribution is -2.29. The van der Waals surface area contributed by atoms with Crippen molar-refractivity contribution in [2.24, 2.45) is 0 Å². The summed E-state index contributed by atoms with van der Waals surface area (Å²) in [5.74, 6) is -0.155. The second-order valence-corrected chi connectivity index (χ2v) is 7.43. The molecule has 3 N–H and O–H groups in total. The minimum atomic E-state index is -4.69. The van der Waals surface area contributed by atoms with E-state index in [9.17, 15) is 18.4 Å². The zero-order chi connectivity index (χ0) is 21.9. The molecule has 2 fully saturated rings. The Morgan fingerprint density at radius 2 is 2.17 bits per heavy atom. The van der Waals surface area contributed by atoms with Gasteiger partial charge in [0.25, 0.3) is 0 Å². The van der Waals surface area contributed by atoms with Gasteiger partial charge < -0.3 is 20.3 Å². The standard InChI is InChI=1S/C14H14F3N5O.C5H10O2/c1-2-13(3-4-23-7-13)11-8(5-18)10(14(15,16)17)9-6-20-12(19)21-22(9)11;6-5-2-1-3-7-4-5/h6H,2-4,7H2,1H3,(H2,19,21);5-6H,1-4H2. The lowest BCUT2D eigenvalue weighted by molar-refractivity contribution is -0.136. The SMILES string of the molecule is CCC1(c2c(C#N)c(C(F)(F)F)c3cnc(N)nn23)CCOC1.OC1CCCOC1. The summed E-state index contributed by atoms with van der Waals surface area (Å²) >= 11 is 0. The number of nitrogen functional groups attached to an aromatic ring is 1. The molecule has 2 unspecified atom stereocenters. The molecule has 2 saturated heterocycles. The van der Waals surface area contributed by atoms with Gasteiger partial charge in [0.15, 0.2) is 0 Å². The van der Waals surface area contributed by atoms with E-state index in [1.54, 1.807) is 6.07 Å². The molecule has 0 aliphatic carbocycles. The molecular weight excluding hydrogens is 403 g/mol. The number of anilines is 1. The van der Waals surface area contributed by atoms with Gasteiger partial charge in [0.05, 0.1) is 42.3 Å². The highest BCUT2D eigenvalue weighted by atomic mass is 19.4. The fourth-order valence-electron chi connectivity index (χ4n) is 3.91. The van der Waals surface area contributed by atoms with Crippen LogP contribution >= 0.6 is 0 Å². The summed E-state index contributed by atoms with van der Waals surface area (Å²) < 4.78 is 52.0. The highest BCUT2D eigenvalue weighted by Crippen LogP contribution is 2.45. The minimum absolute atomic E-state index is 0.155.